The van der Waals surface area contributed by atoms with E-state index in [1.807, 2.05) is 42.5 Å². The van der Waals surface area contributed by atoms with Crippen molar-refractivity contribution in [2.75, 3.05) is 44.4 Å². The number of aliphatic carboxylic acids is 2. The molecule has 4 aromatic rings. The first-order valence-electron chi connectivity index (χ1n) is 25.2. The Morgan fingerprint density at radius 1 is 0.730 bits per heavy atom. The van der Waals surface area contributed by atoms with Crippen molar-refractivity contribution in [3.05, 3.63) is 132 Å². The fourth-order valence-corrected chi connectivity index (χ4v) is 10.7. The molecule has 0 bridgehead atoms. The van der Waals surface area contributed by atoms with Crippen LogP contribution in [0.1, 0.15) is 65.0 Å². The smallest absolute Gasteiger partial charge is 0.309 e. The molecule has 0 saturated carbocycles. The summed E-state index contributed by atoms with van der Waals surface area (Å²) in [5.74, 6) is -2.18. The molecule has 10 N–H and O–H groups in total. The quantitative estimate of drug-likeness (QED) is 0.0364. The van der Waals surface area contributed by atoms with Gasteiger partial charge in [0.1, 0.15) is 36.9 Å². The van der Waals surface area contributed by atoms with Crippen LogP contribution in [0.25, 0.3) is 21.5 Å². The molecular weight excluding hydrogens is 951 g/mol. The van der Waals surface area contributed by atoms with Gasteiger partial charge in [-0.25, -0.2) is 0 Å². The lowest BCUT2D eigenvalue weighted by atomic mass is 9.79. The highest BCUT2D eigenvalue weighted by atomic mass is 16.7. The van der Waals surface area contributed by atoms with Crippen molar-refractivity contribution in [3.8, 4) is 0 Å². The van der Waals surface area contributed by atoms with Crippen LogP contribution < -0.4 is 10.6 Å². The zero-order valence-corrected chi connectivity index (χ0v) is 42.6. The number of aliphatic hydroxyl groups is 6. The Labute approximate surface area is 431 Å². The van der Waals surface area contributed by atoms with E-state index in [9.17, 15) is 50.4 Å². The predicted octanol–water partition coefficient (Wildman–Crippen LogP) is 4.92. The maximum Gasteiger partial charge on any atom is 0.309 e. The summed E-state index contributed by atoms with van der Waals surface area (Å²) in [6.07, 6.45) is 3.49. The third-order valence-electron chi connectivity index (χ3n) is 14.6. The number of allylic oxidation sites excluding steroid dienone is 8. The highest BCUT2D eigenvalue weighted by Crippen LogP contribution is 2.51. The molecule has 17 nitrogen and oxygen atoms in total. The molecule has 4 aliphatic rings. The fraction of sp³-hybridized carbons (Fsp3) is 0.456. The average Bonchev–Trinajstić information content (AvgIpc) is 3.74. The van der Waals surface area contributed by atoms with E-state index >= 15 is 0 Å². The number of aliphatic hydroxyl groups excluding tert-OH is 6. The van der Waals surface area contributed by atoms with Crippen molar-refractivity contribution in [1.82, 2.24) is 0 Å². The third-order valence-corrected chi connectivity index (χ3v) is 14.6. The number of carboxylic acid groups (broad SMARTS) is 2. The molecule has 398 valence electrons. The second kappa shape index (κ2) is 24.3. The number of anilines is 1. The zero-order chi connectivity index (χ0) is 53.5. The Balaban J connectivity index is 0.000000252. The Morgan fingerprint density at radius 2 is 1.35 bits per heavy atom. The van der Waals surface area contributed by atoms with Gasteiger partial charge in [0, 0.05) is 53.6 Å². The lowest BCUT2D eigenvalue weighted by Crippen LogP contribution is -2.63. The maximum atomic E-state index is 11.5. The van der Waals surface area contributed by atoms with Crippen LogP contribution in [0.15, 0.2) is 121 Å². The van der Waals surface area contributed by atoms with E-state index < -0.39 is 86.4 Å². The number of nitrogens with two attached hydrogens (primary N) is 1. The van der Waals surface area contributed by atoms with Gasteiger partial charge in [-0.3, -0.25) is 9.59 Å². The van der Waals surface area contributed by atoms with Crippen LogP contribution in [0.4, 0.5) is 11.4 Å². The number of hydrogen-bond donors (Lipinski definition) is 9. The molecule has 1 unspecified atom stereocenters. The number of carboxylic acids is 2. The molecule has 4 heterocycles. The lowest BCUT2D eigenvalue weighted by molar-refractivity contribution is -0.436. The first-order valence-corrected chi connectivity index (χ1v) is 25.2. The standard InChI is InChI=1S/C41H40N2O4.C16H31NO10/c1-40(2)34(42(26-24-36(44)45)32-22-20-28-14-10-12-16-30(28)38(32)40)18-8-6-5-7-9-19-35-41(3,4)39-31-17-13-11-15-29(31)21-23-33(39)43(35)27-25-37(46)47;1-7-8(5-18)26-16(11(21)10(7)20)27-13-9(6-19)25-15(23)14(12(13)22)24-4-2-3-17/h5-23H,24-27H2,1-4H3,(H-,44,45,46,47);7-16,18-23H,2-6,17H2,1H3/p+1/t;7-,8-,9-,10+,11-,12+,13-,14-,15+,16?/m.1/s1. The van der Waals surface area contributed by atoms with Gasteiger partial charge in [-0.15, -0.1) is 0 Å². The summed E-state index contributed by atoms with van der Waals surface area (Å²) in [7, 11) is 0. The molecule has 74 heavy (non-hydrogen) atoms. The van der Waals surface area contributed by atoms with E-state index in [-0.39, 0.29) is 30.3 Å². The second-order valence-electron chi connectivity index (χ2n) is 20.2. The number of nitrogens with zero attached hydrogens (tertiary/aromatic N) is 2. The second-order valence-corrected chi connectivity index (χ2v) is 20.2. The van der Waals surface area contributed by atoms with Crippen molar-refractivity contribution < 1.29 is 74.0 Å². The molecule has 8 rings (SSSR count). The summed E-state index contributed by atoms with van der Waals surface area (Å²) in [4.78, 5) is 25.2. The molecule has 4 aliphatic heterocycles. The van der Waals surface area contributed by atoms with Crippen molar-refractivity contribution in [1.29, 1.82) is 0 Å². The van der Waals surface area contributed by atoms with Gasteiger partial charge < -0.3 is 70.4 Å². The van der Waals surface area contributed by atoms with Crippen molar-refractivity contribution >= 4 is 50.6 Å². The van der Waals surface area contributed by atoms with Gasteiger partial charge in [-0.1, -0.05) is 106 Å². The van der Waals surface area contributed by atoms with Crippen LogP contribution in [-0.2, 0) is 39.4 Å². The number of rotatable bonds is 18. The Bertz CT molecular complexity index is 2780. The zero-order valence-electron chi connectivity index (χ0n) is 42.6. The Kier molecular flexibility index (Phi) is 18.4. The summed E-state index contributed by atoms with van der Waals surface area (Å²) in [5, 5.41) is 83.5. The van der Waals surface area contributed by atoms with E-state index in [1.165, 1.54) is 32.7 Å². The number of carbonyl (C=O) groups is 2. The summed E-state index contributed by atoms with van der Waals surface area (Å²) >= 11 is 0. The molecule has 2 saturated heterocycles. The van der Waals surface area contributed by atoms with Gasteiger partial charge in [0.05, 0.1) is 37.3 Å². The van der Waals surface area contributed by atoms with Gasteiger partial charge in [0.2, 0.25) is 5.69 Å². The van der Waals surface area contributed by atoms with Crippen molar-refractivity contribution in [3.63, 3.8) is 0 Å². The van der Waals surface area contributed by atoms with Gasteiger partial charge in [0.15, 0.2) is 24.8 Å². The number of hydrogen-bond acceptors (Lipinski definition) is 14. The first-order chi connectivity index (χ1) is 35.4. The molecule has 0 aliphatic carbocycles. The van der Waals surface area contributed by atoms with Crippen LogP contribution >= 0.6 is 0 Å². The molecule has 4 aromatic carbocycles. The van der Waals surface area contributed by atoms with E-state index in [0.29, 0.717) is 26.1 Å². The maximum absolute atomic E-state index is 11.5. The minimum atomic E-state index is -1.50. The van der Waals surface area contributed by atoms with E-state index in [0.717, 1.165) is 22.8 Å². The number of benzene rings is 4. The van der Waals surface area contributed by atoms with Gasteiger partial charge in [-0.2, -0.15) is 4.58 Å². The van der Waals surface area contributed by atoms with Crippen molar-refractivity contribution in [2.45, 2.75) is 120 Å². The monoisotopic (exact) mass is 1020 g/mol. The number of ether oxygens (including phenoxy) is 4. The average molecular weight is 1020 g/mol. The Morgan fingerprint density at radius 3 is 2.00 bits per heavy atom. The molecule has 17 heteroatoms. The summed E-state index contributed by atoms with van der Waals surface area (Å²) in [5.41, 5.74) is 11.4. The SMILES string of the molecule is CC1(C)C(/C=C/C=C/C=C/C=C2/N(CCC(=O)O)c3ccc4ccccc4c3C2(C)C)=[N+](CCC(=O)O)c2ccc3ccccc3c21.C[C@H]1[C@H](O)[C@@H](O)C(O[C@H]2[C@H](O)[C@@H](OCCCN)[C@@H](O)O[C@@H]2CO)O[C@@H]1CO. The summed E-state index contributed by atoms with van der Waals surface area (Å²) < 4.78 is 23.9. The third kappa shape index (κ3) is 11.7. The van der Waals surface area contributed by atoms with Gasteiger partial charge >= 0.3 is 11.9 Å². The molecule has 10 atom stereocenters. The molecule has 0 aromatic heterocycles. The molecule has 0 amide bonds. The first kappa shape index (κ1) is 56.1. The van der Waals surface area contributed by atoms with Crippen LogP contribution in [-0.4, -0.2) is 158 Å². The highest BCUT2D eigenvalue weighted by Gasteiger charge is 2.51. The predicted molar refractivity (Wildman–Crippen MR) is 280 cm³/mol. The van der Waals surface area contributed by atoms with Crippen LogP contribution in [0.2, 0.25) is 0 Å². The minimum Gasteiger partial charge on any atom is -0.481 e. The summed E-state index contributed by atoms with van der Waals surface area (Å²) in [6.45, 7) is 10.8. The molecule has 2 fully saturated rings. The summed E-state index contributed by atoms with van der Waals surface area (Å²) in [6, 6.07) is 25.2. The van der Waals surface area contributed by atoms with Gasteiger partial charge in [0.25, 0.3) is 0 Å². The fourth-order valence-electron chi connectivity index (χ4n) is 10.7. The van der Waals surface area contributed by atoms with Gasteiger partial charge in [-0.05, 0) is 72.1 Å². The topological polar surface area (TPSA) is 265 Å². The van der Waals surface area contributed by atoms with E-state index in [2.05, 4.69) is 110 Å². The highest BCUT2D eigenvalue weighted by molar-refractivity contribution is 6.07. The normalized spacial score (nSPS) is 27.9. The van der Waals surface area contributed by atoms with Crippen LogP contribution in [0, 0.1) is 5.92 Å². The molecule has 0 spiro atoms. The minimum absolute atomic E-state index is 0.0480. The van der Waals surface area contributed by atoms with Crippen molar-refractivity contribution in [2.24, 2.45) is 11.7 Å². The largest absolute Gasteiger partial charge is 0.481 e. The lowest BCUT2D eigenvalue weighted by Gasteiger charge is -2.46. The Hall–Kier alpha value is -5.67. The molecular formula is C57H72N3O14+. The number of fused-ring (bicyclic) bond motifs is 6. The van der Waals surface area contributed by atoms with Crippen LogP contribution in [0.3, 0.4) is 0 Å². The molecule has 0 radical (unpaired) electrons. The van der Waals surface area contributed by atoms with E-state index in [1.54, 1.807) is 6.92 Å². The van der Waals surface area contributed by atoms with E-state index in [4.69, 9.17) is 24.7 Å². The van der Waals surface area contributed by atoms with Crippen LogP contribution in [0.5, 0.6) is 0 Å².